The lowest BCUT2D eigenvalue weighted by atomic mass is 10.1. The summed E-state index contributed by atoms with van der Waals surface area (Å²) in [5, 5.41) is 3.43. The topological polar surface area (TPSA) is 50.3 Å². The molecule has 0 radical (unpaired) electrons. The maximum Gasteiger partial charge on any atom is 0.387 e. The van der Waals surface area contributed by atoms with Crippen molar-refractivity contribution < 1.29 is 13.5 Å². The van der Waals surface area contributed by atoms with Gasteiger partial charge in [-0.2, -0.15) is 8.78 Å². The van der Waals surface area contributed by atoms with Crippen molar-refractivity contribution in [1.29, 1.82) is 0 Å². The molecule has 3 rings (SSSR count). The number of rotatable bonds is 6. The number of hydrogen-bond donors (Lipinski definition) is 1. The largest absolute Gasteiger partial charge is 0.434 e. The Morgan fingerprint density at radius 1 is 1.21 bits per heavy atom. The van der Waals surface area contributed by atoms with E-state index in [1.54, 1.807) is 36.7 Å². The Bertz CT molecular complexity index is 641. The molecular weight excluding hydrogens is 314 g/mol. The second-order valence-electron chi connectivity index (χ2n) is 5.70. The molecule has 5 nitrogen and oxygen atoms in total. The van der Waals surface area contributed by atoms with E-state index in [-0.39, 0.29) is 11.8 Å². The van der Waals surface area contributed by atoms with E-state index < -0.39 is 6.61 Å². The minimum Gasteiger partial charge on any atom is -0.434 e. The van der Waals surface area contributed by atoms with E-state index in [1.165, 1.54) is 0 Å². The summed E-state index contributed by atoms with van der Waals surface area (Å²) in [6, 6.07) is 8.92. The molecule has 1 saturated heterocycles. The molecule has 1 aliphatic heterocycles. The van der Waals surface area contributed by atoms with Crippen LogP contribution in [0.3, 0.4) is 0 Å². The summed E-state index contributed by atoms with van der Waals surface area (Å²) < 4.78 is 29.5. The Balaban J connectivity index is 1.59. The molecule has 1 aromatic carbocycles. The van der Waals surface area contributed by atoms with E-state index in [1.807, 2.05) is 6.07 Å². The standard InChI is InChI=1S/C17H20F2N4O/c18-16(19)24-15-7-2-1-5-13(15)11-22-14-6-3-10-23(12-14)17-20-8-4-9-21-17/h1-2,4-5,7-9,14,16,22H,3,6,10-12H2/t14-/m1/s1. The number of anilines is 1. The van der Waals surface area contributed by atoms with Gasteiger partial charge in [-0.15, -0.1) is 0 Å². The summed E-state index contributed by atoms with van der Waals surface area (Å²) in [5.74, 6) is 0.949. The van der Waals surface area contributed by atoms with Crippen LogP contribution in [-0.4, -0.2) is 35.7 Å². The van der Waals surface area contributed by atoms with Crippen LogP contribution in [0.2, 0.25) is 0 Å². The highest BCUT2D eigenvalue weighted by molar-refractivity contribution is 5.33. The van der Waals surface area contributed by atoms with Gasteiger partial charge in [0.15, 0.2) is 0 Å². The Kier molecular flexibility index (Phi) is 5.53. The number of benzene rings is 1. The molecule has 7 heteroatoms. The molecule has 0 bridgehead atoms. The quantitative estimate of drug-likeness (QED) is 0.880. The number of halogens is 2. The minimum atomic E-state index is -2.81. The van der Waals surface area contributed by atoms with Crippen LogP contribution in [0.5, 0.6) is 5.75 Å². The zero-order valence-corrected chi connectivity index (χ0v) is 13.2. The predicted octanol–water partition coefficient (Wildman–Crippen LogP) is 2.84. The number of para-hydroxylation sites is 1. The molecule has 1 fully saturated rings. The lowest BCUT2D eigenvalue weighted by Crippen LogP contribution is -2.46. The summed E-state index contributed by atoms with van der Waals surface area (Å²) >= 11 is 0. The van der Waals surface area contributed by atoms with Crippen LogP contribution in [0.15, 0.2) is 42.7 Å². The SMILES string of the molecule is FC(F)Oc1ccccc1CN[C@@H]1CCCN(c2ncccn2)C1. The van der Waals surface area contributed by atoms with Gasteiger partial charge in [-0.05, 0) is 25.0 Å². The van der Waals surface area contributed by atoms with E-state index in [2.05, 4.69) is 24.9 Å². The van der Waals surface area contributed by atoms with Gasteiger partial charge in [0.05, 0.1) is 0 Å². The number of nitrogens with one attached hydrogen (secondary N) is 1. The molecule has 0 amide bonds. The van der Waals surface area contributed by atoms with Gasteiger partial charge in [0.25, 0.3) is 0 Å². The fourth-order valence-electron chi connectivity index (χ4n) is 2.90. The predicted molar refractivity (Wildman–Crippen MR) is 87.2 cm³/mol. The third-order valence-electron chi connectivity index (χ3n) is 4.03. The normalized spacial score (nSPS) is 18.0. The number of ether oxygens (including phenoxy) is 1. The highest BCUT2D eigenvalue weighted by Gasteiger charge is 2.21. The molecule has 24 heavy (non-hydrogen) atoms. The average Bonchev–Trinajstić information content (AvgIpc) is 2.61. The van der Waals surface area contributed by atoms with Gasteiger partial charge in [-0.25, -0.2) is 9.97 Å². The average molecular weight is 334 g/mol. The molecule has 1 atom stereocenters. The second kappa shape index (κ2) is 8.01. The second-order valence-corrected chi connectivity index (χ2v) is 5.70. The van der Waals surface area contributed by atoms with Crippen molar-refractivity contribution in [2.75, 3.05) is 18.0 Å². The Hall–Kier alpha value is -2.28. The van der Waals surface area contributed by atoms with Gasteiger partial charge in [0, 0.05) is 43.6 Å². The van der Waals surface area contributed by atoms with Crippen LogP contribution in [0.4, 0.5) is 14.7 Å². The van der Waals surface area contributed by atoms with Crippen molar-refractivity contribution in [3.63, 3.8) is 0 Å². The third kappa shape index (κ3) is 4.38. The van der Waals surface area contributed by atoms with E-state index in [4.69, 9.17) is 0 Å². The van der Waals surface area contributed by atoms with Crippen molar-refractivity contribution in [2.24, 2.45) is 0 Å². The van der Waals surface area contributed by atoms with Crippen molar-refractivity contribution in [3.05, 3.63) is 48.3 Å². The monoisotopic (exact) mass is 334 g/mol. The minimum absolute atomic E-state index is 0.221. The van der Waals surface area contributed by atoms with Crippen LogP contribution < -0.4 is 15.0 Å². The molecular formula is C17H20F2N4O. The Morgan fingerprint density at radius 2 is 2.00 bits per heavy atom. The highest BCUT2D eigenvalue weighted by atomic mass is 19.3. The molecule has 0 spiro atoms. The molecule has 128 valence electrons. The summed E-state index contributed by atoms with van der Waals surface area (Å²) in [5.41, 5.74) is 0.728. The van der Waals surface area contributed by atoms with E-state index in [0.717, 1.165) is 37.4 Å². The van der Waals surface area contributed by atoms with Gasteiger partial charge in [0.1, 0.15) is 5.75 Å². The first kappa shape index (κ1) is 16.6. The van der Waals surface area contributed by atoms with Crippen LogP contribution in [0.1, 0.15) is 18.4 Å². The van der Waals surface area contributed by atoms with Crippen LogP contribution >= 0.6 is 0 Å². The summed E-state index contributed by atoms with van der Waals surface area (Å²) in [4.78, 5) is 10.7. The Labute approximate surface area is 139 Å². The number of alkyl halides is 2. The van der Waals surface area contributed by atoms with Gasteiger partial charge >= 0.3 is 6.61 Å². The number of piperidine rings is 1. The molecule has 2 heterocycles. The molecule has 1 aromatic heterocycles. The molecule has 0 saturated carbocycles. The van der Waals surface area contributed by atoms with Crippen molar-refractivity contribution in [2.45, 2.75) is 32.0 Å². The van der Waals surface area contributed by atoms with E-state index >= 15 is 0 Å². The molecule has 0 unspecified atom stereocenters. The number of hydrogen-bond acceptors (Lipinski definition) is 5. The smallest absolute Gasteiger partial charge is 0.387 e. The molecule has 1 N–H and O–H groups in total. The first-order valence-corrected chi connectivity index (χ1v) is 8.00. The van der Waals surface area contributed by atoms with Crippen molar-refractivity contribution in [1.82, 2.24) is 15.3 Å². The fraction of sp³-hybridized carbons (Fsp3) is 0.412. The Morgan fingerprint density at radius 3 is 2.79 bits per heavy atom. The zero-order chi connectivity index (χ0) is 16.8. The van der Waals surface area contributed by atoms with E-state index in [0.29, 0.717) is 6.54 Å². The first-order valence-electron chi connectivity index (χ1n) is 8.00. The van der Waals surface area contributed by atoms with Crippen molar-refractivity contribution in [3.8, 4) is 5.75 Å². The van der Waals surface area contributed by atoms with Crippen molar-refractivity contribution >= 4 is 5.95 Å². The molecule has 1 aliphatic rings. The van der Waals surface area contributed by atoms with E-state index in [9.17, 15) is 8.78 Å². The van der Waals surface area contributed by atoms with Gasteiger partial charge in [-0.3, -0.25) is 0 Å². The molecule has 2 aromatic rings. The zero-order valence-electron chi connectivity index (χ0n) is 13.2. The van der Waals surface area contributed by atoms with Crippen LogP contribution in [0, 0.1) is 0 Å². The lowest BCUT2D eigenvalue weighted by Gasteiger charge is -2.33. The fourth-order valence-corrected chi connectivity index (χ4v) is 2.90. The highest BCUT2D eigenvalue weighted by Crippen LogP contribution is 2.21. The first-order chi connectivity index (χ1) is 11.7. The maximum atomic E-state index is 12.5. The third-order valence-corrected chi connectivity index (χ3v) is 4.03. The summed E-state index contributed by atoms with van der Waals surface area (Å²) in [6.45, 7) is -0.613. The van der Waals surface area contributed by atoms with Gasteiger partial charge in [0.2, 0.25) is 5.95 Å². The van der Waals surface area contributed by atoms with Gasteiger partial charge in [-0.1, -0.05) is 18.2 Å². The van der Waals surface area contributed by atoms with Crippen LogP contribution in [-0.2, 0) is 6.54 Å². The number of nitrogens with zero attached hydrogens (tertiary/aromatic N) is 3. The van der Waals surface area contributed by atoms with Crippen LogP contribution in [0.25, 0.3) is 0 Å². The maximum absolute atomic E-state index is 12.5. The summed E-state index contributed by atoms with van der Waals surface area (Å²) in [6.07, 6.45) is 5.53. The number of aromatic nitrogens is 2. The lowest BCUT2D eigenvalue weighted by molar-refractivity contribution is -0.0505. The van der Waals surface area contributed by atoms with Gasteiger partial charge < -0.3 is 15.0 Å². The summed E-state index contributed by atoms with van der Waals surface area (Å²) in [7, 11) is 0. The molecule has 0 aliphatic carbocycles.